The molecule has 6 nitrogen and oxygen atoms in total. The van der Waals surface area contributed by atoms with Crippen molar-refractivity contribution >= 4 is 15.3 Å². The summed E-state index contributed by atoms with van der Waals surface area (Å²) in [5.41, 5.74) is 4.18. The van der Waals surface area contributed by atoms with E-state index in [0.717, 1.165) is 33.4 Å². The van der Waals surface area contributed by atoms with Gasteiger partial charge >= 0.3 is 306 Å². The van der Waals surface area contributed by atoms with Crippen molar-refractivity contribution in [3.8, 4) is 17.2 Å². The summed E-state index contributed by atoms with van der Waals surface area (Å²) in [5, 5.41) is 0. The molecule has 3 aromatic carbocycles. The zero-order chi connectivity index (χ0) is 38.7. The van der Waals surface area contributed by atoms with Crippen molar-refractivity contribution in [1.29, 1.82) is 0 Å². The number of rotatable bonds is 7. The van der Waals surface area contributed by atoms with Crippen LogP contribution in [0, 0.1) is 0 Å². The molecular formula is C42H68O6P2. The van der Waals surface area contributed by atoms with Crippen LogP contribution in [0.15, 0.2) is 54.6 Å². The van der Waals surface area contributed by atoms with Gasteiger partial charge in [-0.3, -0.25) is 0 Å². The molecule has 0 unspecified atom stereocenters. The molecule has 0 bridgehead atoms. The third-order valence-electron chi connectivity index (χ3n) is 9.10. The molecule has 0 atom stereocenters. The molecule has 0 heterocycles. The van der Waals surface area contributed by atoms with Gasteiger partial charge in [-0.2, -0.15) is 0 Å². The van der Waals surface area contributed by atoms with Crippen molar-refractivity contribution < 1.29 is 28.3 Å². The van der Waals surface area contributed by atoms with Crippen molar-refractivity contribution in [2.75, 3.05) is 0 Å². The molecule has 0 aliphatic rings. The summed E-state index contributed by atoms with van der Waals surface area (Å²) in [6.45, 7) is 38.1. The molecule has 0 amide bonds. The van der Waals surface area contributed by atoms with Gasteiger partial charge in [-0.25, -0.2) is 0 Å². The van der Waals surface area contributed by atoms with Crippen LogP contribution in [0.2, 0.25) is 0 Å². The van der Waals surface area contributed by atoms with E-state index in [0.29, 0.717) is 17.2 Å². The van der Waals surface area contributed by atoms with Gasteiger partial charge in [0, 0.05) is 0 Å². The third-order valence-corrected chi connectivity index (χ3v) is 14.8. The quantitative estimate of drug-likeness (QED) is 0.210. The molecule has 3 N–H and O–H groups in total. The van der Waals surface area contributed by atoms with E-state index in [2.05, 4.69) is 143 Å². The second-order valence-electron chi connectivity index (χ2n) is 20.1. The topological polar surface area (TPSA) is 88.4 Å². The Kier molecular flexibility index (Phi) is 11.5. The van der Waals surface area contributed by atoms with Crippen LogP contribution in [0.3, 0.4) is 0 Å². The minimum absolute atomic E-state index is 0.143. The van der Waals surface area contributed by atoms with E-state index < -0.39 is 31.5 Å². The van der Waals surface area contributed by atoms with Gasteiger partial charge in [0.2, 0.25) is 0 Å². The Bertz CT molecular complexity index is 1470. The Morgan fingerprint density at radius 2 is 0.580 bits per heavy atom. The maximum atomic E-state index is 11.7. The van der Waals surface area contributed by atoms with Crippen molar-refractivity contribution in [2.24, 2.45) is 0 Å². The second-order valence-corrected chi connectivity index (χ2v) is 27.0. The van der Waals surface area contributed by atoms with E-state index in [1.807, 2.05) is 36.4 Å². The Morgan fingerprint density at radius 3 is 0.740 bits per heavy atom. The van der Waals surface area contributed by atoms with E-state index in [1.165, 1.54) is 0 Å². The molecule has 0 saturated heterocycles. The van der Waals surface area contributed by atoms with E-state index in [1.54, 1.807) is 0 Å². The number of hydrogen-bond donors (Lipinski definition) is 3. The molecule has 282 valence electrons. The van der Waals surface area contributed by atoms with Gasteiger partial charge in [-0.1, -0.05) is 0 Å². The summed E-state index contributed by atoms with van der Waals surface area (Å²) in [6.07, 6.45) is 0. The van der Waals surface area contributed by atoms with Crippen molar-refractivity contribution in [3.63, 3.8) is 0 Å². The van der Waals surface area contributed by atoms with Gasteiger partial charge in [-0.15, -0.1) is 0 Å². The zero-order valence-corrected chi connectivity index (χ0v) is 36.3. The Balaban J connectivity index is 2.47. The molecule has 0 aliphatic heterocycles. The average Bonchev–Trinajstić information content (AvgIpc) is 2.89. The van der Waals surface area contributed by atoms with Crippen LogP contribution in [0.4, 0.5) is 0 Å². The molecule has 50 heavy (non-hydrogen) atoms. The summed E-state index contributed by atoms with van der Waals surface area (Å²) in [7, 11) is -10.3. The van der Waals surface area contributed by atoms with Crippen molar-refractivity contribution in [1.82, 2.24) is 0 Å². The monoisotopic (exact) mass is 730 g/mol. The summed E-state index contributed by atoms with van der Waals surface area (Å²) in [6, 6.07) is 17.8. The van der Waals surface area contributed by atoms with Crippen molar-refractivity contribution in [2.45, 2.75) is 157 Å². The Hall–Kier alpha value is -2.20. The fourth-order valence-corrected chi connectivity index (χ4v) is 9.88. The summed E-state index contributed by atoms with van der Waals surface area (Å²) >= 11 is 0. The van der Waals surface area contributed by atoms with Crippen LogP contribution in [-0.4, -0.2) is 14.7 Å². The second kappa shape index (κ2) is 13.7. The normalized spacial score (nSPS) is 14.7. The van der Waals surface area contributed by atoms with E-state index in [-0.39, 0.29) is 16.2 Å². The number of benzene rings is 3. The van der Waals surface area contributed by atoms with Gasteiger partial charge in [-0.05, 0) is 0 Å². The molecule has 8 heteroatoms. The summed E-state index contributed by atoms with van der Waals surface area (Å²) < 4.78 is 20.5. The molecule has 3 rings (SSSR count). The average molecular weight is 731 g/mol. The summed E-state index contributed by atoms with van der Waals surface area (Å²) in [5.74, 6) is 1.12. The number of hydrogen-bond acceptors (Lipinski definition) is 6. The molecule has 0 aromatic heterocycles. The Morgan fingerprint density at radius 1 is 0.360 bits per heavy atom. The van der Waals surface area contributed by atoms with Gasteiger partial charge in [0.1, 0.15) is 0 Å². The fourth-order valence-electron chi connectivity index (χ4n) is 5.72. The molecule has 3 aromatic rings. The van der Waals surface area contributed by atoms with E-state index in [4.69, 9.17) is 13.6 Å². The third kappa shape index (κ3) is 9.81. The van der Waals surface area contributed by atoms with Crippen LogP contribution in [0.25, 0.3) is 0 Å². The van der Waals surface area contributed by atoms with E-state index >= 15 is 0 Å². The maximum absolute atomic E-state index is 11.7. The molecule has 0 fully saturated rings. The van der Waals surface area contributed by atoms with Crippen molar-refractivity contribution in [3.05, 3.63) is 88.0 Å². The van der Waals surface area contributed by atoms with Gasteiger partial charge < -0.3 is 0 Å². The zero-order valence-electron chi connectivity index (χ0n) is 34.3. The molecule has 0 radical (unpaired) electrons. The first-order valence-corrected chi connectivity index (χ1v) is 22.4. The van der Waals surface area contributed by atoms with Crippen LogP contribution in [0.5, 0.6) is 17.2 Å². The molecular weight excluding hydrogens is 662 g/mol. The predicted molar refractivity (Wildman–Crippen MR) is 217 cm³/mol. The SMILES string of the molecule is CC(C)(C)c1ccc(O[PH](Oc2ccc(C(C)(C)C)cc2C(C)(C)C)(Oc2ccc(C(C)(C)C)cc2C(C)(C)C)[PH](O)(O)O)c(C(C)(C)C)c1. The van der Waals surface area contributed by atoms with Crippen LogP contribution < -0.4 is 13.6 Å². The first kappa shape index (κ1) is 42.2. The standard InChI is InChI=1S/C42H68O6P2/c1-37(2,3)28-19-22-34(31(25-28)40(10,11)12)46-50(49(43,44)45,47-35-23-20-29(38(4,5)6)26-32(35)41(13,14)15)48-36-24-21-30(39(7,8)9)27-33(36)42(16,17)18/h19-27,43-45,49-50H,1-18H3. The van der Waals surface area contributed by atoms with Gasteiger partial charge in [0.05, 0.1) is 0 Å². The van der Waals surface area contributed by atoms with Crippen LogP contribution in [-0.2, 0) is 32.5 Å². The van der Waals surface area contributed by atoms with E-state index in [9.17, 15) is 14.7 Å². The molecule has 0 aliphatic carbocycles. The van der Waals surface area contributed by atoms with Gasteiger partial charge in [0.25, 0.3) is 0 Å². The first-order valence-electron chi connectivity index (χ1n) is 17.9. The fraction of sp³-hybridized carbons (Fsp3) is 0.571. The Labute approximate surface area is 305 Å². The molecule has 0 spiro atoms. The first-order chi connectivity index (χ1) is 22.2. The summed E-state index contributed by atoms with van der Waals surface area (Å²) in [4.78, 5) is 35.0. The van der Waals surface area contributed by atoms with Crippen LogP contribution >= 0.6 is 15.3 Å². The molecule has 0 saturated carbocycles. The van der Waals surface area contributed by atoms with Gasteiger partial charge in [0.15, 0.2) is 0 Å². The predicted octanol–water partition coefficient (Wildman–Crippen LogP) is 11.9. The minimum atomic E-state index is -5.41. The van der Waals surface area contributed by atoms with Crippen LogP contribution in [0.1, 0.15) is 158 Å².